The molecule has 0 aromatic heterocycles. The number of benzene rings is 2. The largest absolute Gasteiger partial charge is 0.444 e. The summed E-state index contributed by atoms with van der Waals surface area (Å²) in [6, 6.07) is 16.4. The number of hydrogen-bond donors (Lipinski definition) is 2. The quantitative estimate of drug-likeness (QED) is 0.842. The molecule has 0 fully saturated rings. The molecule has 128 valence electrons. The number of ether oxygens (including phenoxy) is 1. The first kappa shape index (κ1) is 17.9. The van der Waals surface area contributed by atoms with Gasteiger partial charge in [-0.2, -0.15) is 0 Å². The fourth-order valence-electron chi connectivity index (χ4n) is 2.35. The van der Waals surface area contributed by atoms with Crippen molar-refractivity contribution in [2.24, 2.45) is 0 Å². The first-order valence-electron chi connectivity index (χ1n) is 8.18. The molecule has 2 N–H and O–H groups in total. The van der Waals surface area contributed by atoms with Gasteiger partial charge < -0.3 is 15.4 Å². The average Bonchev–Trinajstić information content (AvgIpc) is 2.50. The Labute approximate surface area is 144 Å². The van der Waals surface area contributed by atoms with Crippen molar-refractivity contribution in [2.45, 2.75) is 46.4 Å². The predicted molar refractivity (Wildman–Crippen MR) is 98.0 cm³/mol. The third-order valence-electron chi connectivity index (χ3n) is 3.40. The molecule has 0 saturated heterocycles. The standard InChI is InChI=1S/C20H26N2O2/c1-15-8-7-9-16(12-15)13-21-18-11-6-5-10-17(18)14-22-19(23)24-20(2,3)4/h5-12,21H,13-14H2,1-4H3,(H,22,23). The van der Waals surface area contributed by atoms with Crippen LogP contribution in [0.25, 0.3) is 0 Å². The summed E-state index contributed by atoms with van der Waals surface area (Å²) in [5.41, 5.74) is 4.01. The van der Waals surface area contributed by atoms with Crippen LogP contribution in [-0.2, 0) is 17.8 Å². The lowest BCUT2D eigenvalue weighted by molar-refractivity contribution is 0.0523. The highest BCUT2D eigenvalue weighted by Gasteiger charge is 2.16. The summed E-state index contributed by atoms with van der Waals surface area (Å²) >= 11 is 0. The Morgan fingerprint density at radius 2 is 1.79 bits per heavy atom. The van der Waals surface area contributed by atoms with Crippen molar-refractivity contribution in [3.8, 4) is 0 Å². The van der Waals surface area contributed by atoms with E-state index < -0.39 is 11.7 Å². The van der Waals surface area contributed by atoms with Crippen molar-refractivity contribution in [1.82, 2.24) is 5.32 Å². The Morgan fingerprint density at radius 3 is 2.50 bits per heavy atom. The first-order valence-corrected chi connectivity index (χ1v) is 8.18. The van der Waals surface area contributed by atoms with Crippen LogP contribution in [0.1, 0.15) is 37.5 Å². The Hall–Kier alpha value is -2.49. The zero-order valence-electron chi connectivity index (χ0n) is 14.8. The summed E-state index contributed by atoms with van der Waals surface area (Å²) < 4.78 is 5.27. The van der Waals surface area contributed by atoms with Crippen LogP contribution in [0.5, 0.6) is 0 Å². The van der Waals surface area contributed by atoms with E-state index in [2.05, 4.69) is 41.8 Å². The highest BCUT2D eigenvalue weighted by molar-refractivity contribution is 5.68. The van der Waals surface area contributed by atoms with Gasteiger partial charge in [0.15, 0.2) is 0 Å². The van der Waals surface area contributed by atoms with Gasteiger partial charge in [-0.1, -0.05) is 48.0 Å². The number of carbonyl (C=O) groups excluding carboxylic acids is 1. The molecule has 0 atom stereocenters. The molecule has 0 unspecified atom stereocenters. The van der Waals surface area contributed by atoms with E-state index >= 15 is 0 Å². The molecular weight excluding hydrogens is 300 g/mol. The molecule has 2 aromatic carbocycles. The molecule has 4 nitrogen and oxygen atoms in total. The summed E-state index contributed by atoms with van der Waals surface area (Å²) in [6.07, 6.45) is -0.406. The maximum atomic E-state index is 11.8. The van der Waals surface area contributed by atoms with Gasteiger partial charge in [-0.3, -0.25) is 0 Å². The summed E-state index contributed by atoms with van der Waals surface area (Å²) in [5, 5.41) is 6.24. The van der Waals surface area contributed by atoms with Gasteiger partial charge in [-0.25, -0.2) is 4.79 Å². The van der Waals surface area contributed by atoms with Crippen molar-refractivity contribution < 1.29 is 9.53 Å². The van der Waals surface area contributed by atoms with Crippen LogP contribution >= 0.6 is 0 Å². The van der Waals surface area contributed by atoms with Crippen LogP contribution in [0.4, 0.5) is 10.5 Å². The van der Waals surface area contributed by atoms with E-state index in [1.54, 1.807) is 0 Å². The van der Waals surface area contributed by atoms with E-state index in [0.717, 1.165) is 17.8 Å². The predicted octanol–water partition coefficient (Wildman–Crippen LogP) is 4.63. The topological polar surface area (TPSA) is 50.4 Å². The van der Waals surface area contributed by atoms with Crippen LogP contribution < -0.4 is 10.6 Å². The first-order chi connectivity index (χ1) is 11.3. The van der Waals surface area contributed by atoms with Gasteiger partial charge in [-0.15, -0.1) is 0 Å². The van der Waals surface area contributed by atoms with Crippen molar-refractivity contribution in [3.63, 3.8) is 0 Å². The third kappa shape index (κ3) is 5.95. The second-order valence-electron chi connectivity index (χ2n) is 6.86. The van der Waals surface area contributed by atoms with E-state index in [-0.39, 0.29) is 0 Å². The van der Waals surface area contributed by atoms with Crippen molar-refractivity contribution in [3.05, 3.63) is 65.2 Å². The number of amides is 1. The summed E-state index contributed by atoms with van der Waals surface area (Å²) in [7, 11) is 0. The van der Waals surface area contributed by atoms with E-state index in [4.69, 9.17) is 4.74 Å². The molecule has 2 aromatic rings. The molecule has 0 heterocycles. The zero-order chi connectivity index (χ0) is 17.6. The van der Waals surface area contributed by atoms with Crippen LogP contribution in [0.15, 0.2) is 48.5 Å². The normalized spacial score (nSPS) is 11.0. The lowest BCUT2D eigenvalue weighted by Crippen LogP contribution is -2.32. The van der Waals surface area contributed by atoms with Gasteiger partial charge in [-0.05, 0) is 44.9 Å². The molecule has 24 heavy (non-hydrogen) atoms. The Kier molecular flexibility index (Phi) is 5.85. The van der Waals surface area contributed by atoms with E-state index in [1.165, 1.54) is 11.1 Å². The van der Waals surface area contributed by atoms with Crippen LogP contribution in [0.3, 0.4) is 0 Å². The third-order valence-corrected chi connectivity index (χ3v) is 3.40. The number of hydrogen-bond acceptors (Lipinski definition) is 3. The highest BCUT2D eigenvalue weighted by Crippen LogP contribution is 2.17. The lowest BCUT2D eigenvalue weighted by Gasteiger charge is -2.20. The lowest BCUT2D eigenvalue weighted by atomic mass is 10.1. The fraction of sp³-hybridized carbons (Fsp3) is 0.350. The van der Waals surface area contributed by atoms with Gasteiger partial charge >= 0.3 is 6.09 Å². The molecule has 0 aliphatic heterocycles. The van der Waals surface area contributed by atoms with E-state index in [1.807, 2.05) is 45.0 Å². The van der Waals surface area contributed by atoms with E-state index in [9.17, 15) is 4.79 Å². The molecular formula is C20H26N2O2. The monoisotopic (exact) mass is 326 g/mol. The van der Waals surface area contributed by atoms with Crippen LogP contribution in [0.2, 0.25) is 0 Å². The summed E-state index contributed by atoms with van der Waals surface area (Å²) in [6.45, 7) is 8.80. The number of rotatable bonds is 5. The summed E-state index contributed by atoms with van der Waals surface area (Å²) in [5.74, 6) is 0. The minimum Gasteiger partial charge on any atom is -0.444 e. The summed E-state index contributed by atoms with van der Waals surface area (Å²) in [4.78, 5) is 11.8. The Balaban J connectivity index is 1.96. The highest BCUT2D eigenvalue weighted by atomic mass is 16.6. The number of alkyl carbamates (subject to hydrolysis) is 1. The second kappa shape index (κ2) is 7.86. The van der Waals surface area contributed by atoms with Crippen molar-refractivity contribution >= 4 is 11.8 Å². The second-order valence-corrected chi connectivity index (χ2v) is 6.86. The van der Waals surface area contributed by atoms with Gasteiger partial charge in [0.2, 0.25) is 0 Å². The molecule has 0 spiro atoms. The van der Waals surface area contributed by atoms with Crippen molar-refractivity contribution in [1.29, 1.82) is 0 Å². The number of aryl methyl sites for hydroxylation is 1. The van der Waals surface area contributed by atoms with Gasteiger partial charge in [0.05, 0.1) is 0 Å². The zero-order valence-corrected chi connectivity index (χ0v) is 14.8. The van der Waals surface area contributed by atoms with Crippen LogP contribution in [0, 0.1) is 6.92 Å². The molecule has 0 saturated carbocycles. The molecule has 2 rings (SSSR count). The smallest absolute Gasteiger partial charge is 0.407 e. The minimum atomic E-state index is -0.493. The number of nitrogens with one attached hydrogen (secondary N) is 2. The molecule has 0 aliphatic rings. The number of anilines is 1. The molecule has 4 heteroatoms. The maximum absolute atomic E-state index is 11.8. The number of carbonyl (C=O) groups is 1. The van der Waals surface area contributed by atoms with Crippen LogP contribution in [-0.4, -0.2) is 11.7 Å². The minimum absolute atomic E-state index is 0.406. The molecule has 0 bridgehead atoms. The Morgan fingerprint density at radius 1 is 1.04 bits per heavy atom. The van der Waals surface area contributed by atoms with E-state index in [0.29, 0.717) is 6.54 Å². The van der Waals surface area contributed by atoms with Gasteiger partial charge in [0, 0.05) is 18.8 Å². The average molecular weight is 326 g/mol. The Bertz CT molecular complexity index is 690. The fourth-order valence-corrected chi connectivity index (χ4v) is 2.35. The van der Waals surface area contributed by atoms with Crippen molar-refractivity contribution in [2.75, 3.05) is 5.32 Å². The molecule has 0 radical (unpaired) electrons. The maximum Gasteiger partial charge on any atom is 0.407 e. The van der Waals surface area contributed by atoms with Gasteiger partial charge in [0.25, 0.3) is 0 Å². The SMILES string of the molecule is Cc1cccc(CNc2ccccc2CNC(=O)OC(C)(C)C)c1. The molecule has 0 aliphatic carbocycles. The number of para-hydroxylation sites is 1. The van der Waals surface area contributed by atoms with Gasteiger partial charge in [0.1, 0.15) is 5.60 Å². The molecule has 1 amide bonds.